The number of rotatable bonds is 7. The number of aromatic nitrogens is 1. The number of likely N-dealkylation sites (tertiary alicyclic amines) is 1. The normalized spacial score (nSPS) is 16.0. The van der Waals surface area contributed by atoms with Crippen molar-refractivity contribution in [2.75, 3.05) is 39.0 Å². The van der Waals surface area contributed by atoms with Gasteiger partial charge in [0.25, 0.3) is 0 Å². The van der Waals surface area contributed by atoms with E-state index in [1.54, 1.807) is 0 Å². The SMILES string of the molecule is C=CCON=C(C(=O)[O-])c1csc(N)n1.C=CC[N+]1(C)CCCC1. The van der Waals surface area contributed by atoms with Crippen LogP contribution in [0.5, 0.6) is 0 Å². The lowest BCUT2D eigenvalue weighted by atomic mass is 10.3. The Balaban J connectivity index is 0.000000272. The van der Waals surface area contributed by atoms with Crippen LogP contribution in [0.1, 0.15) is 18.5 Å². The Bertz CT molecular complexity index is 592. The highest BCUT2D eigenvalue weighted by Crippen LogP contribution is 2.15. The van der Waals surface area contributed by atoms with Gasteiger partial charge in [-0.05, 0) is 6.08 Å². The molecule has 2 N–H and O–H groups in total. The van der Waals surface area contributed by atoms with Crippen LogP contribution in [0.2, 0.25) is 0 Å². The molecule has 2 rings (SSSR count). The Morgan fingerprint density at radius 2 is 2.17 bits per heavy atom. The van der Waals surface area contributed by atoms with Crippen molar-refractivity contribution in [3.05, 3.63) is 36.4 Å². The summed E-state index contributed by atoms with van der Waals surface area (Å²) in [5.41, 5.74) is 5.10. The Morgan fingerprint density at radius 3 is 2.62 bits per heavy atom. The first kappa shape index (κ1) is 19.9. The Labute approximate surface area is 146 Å². The molecule has 1 fully saturated rings. The van der Waals surface area contributed by atoms with E-state index in [-0.39, 0.29) is 23.1 Å². The summed E-state index contributed by atoms with van der Waals surface area (Å²) in [5.74, 6) is -1.47. The number of quaternary nitrogens is 1. The molecular weight excluding hydrogens is 328 g/mol. The number of hydrogen-bond acceptors (Lipinski definition) is 7. The molecule has 8 heteroatoms. The molecule has 0 aromatic carbocycles. The summed E-state index contributed by atoms with van der Waals surface area (Å²) < 4.78 is 1.23. The minimum Gasteiger partial charge on any atom is -0.543 e. The molecule has 0 bridgehead atoms. The minimum absolute atomic E-state index is 0.108. The molecular formula is C16H24N4O3S. The van der Waals surface area contributed by atoms with Gasteiger partial charge in [0.05, 0.1) is 32.7 Å². The fraction of sp³-hybridized carbons (Fsp3) is 0.438. The predicted molar refractivity (Wildman–Crippen MR) is 94.4 cm³/mol. The molecule has 1 aromatic rings. The maximum absolute atomic E-state index is 10.7. The second-order valence-corrected chi connectivity index (χ2v) is 6.52. The van der Waals surface area contributed by atoms with Gasteiger partial charge in [0, 0.05) is 18.2 Å². The molecule has 0 spiro atoms. The van der Waals surface area contributed by atoms with Crippen LogP contribution in [-0.4, -0.2) is 54.4 Å². The second kappa shape index (κ2) is 9.84. The van der Waals surface area contributed by atoms with Crippen molar-refractivity contribution >= 4 is 28.1 Å². The average molecular weight is 352 g/mol. The van der Waals surface area contributed by atoms with E-state index in [1.807, 2.05) is 6.08 Å². The largest absolute Gasteiger partial charge is 0.543 e. The number of nitrogens with zero attached hydrogens (tertiary/aromatic N) is 3. The highest BCUT2D eigenvalue weighted by atomic mass is 32.1. The van der Waals surface area contributed by atoms with Crippen LogP contribution in [0, 0.1) is 0 Å². The number of carbonyl (C=O) groups is 1. The summed E-state index contributed by atoms with van der Waals surface area (Å²) in [6.45, 7) is 11.1. The molecule has 1 saturated heterocycles. The summed E-state index contributed by atoms with van der Waals surface area (Å²) in [6.07, 6.45) is 6.28. The Hall–Kier alpha value is -2.19. The van der Waals surface area contributed by atoms with Crippen LogP contribution in [0.4, 0.5) is 5.13 Å². The Kier molecular flexibility index (Phi) is 8.14. The minimum atomic E-state index is -1.47. The van der Waals surface area contributed by atoms with E-state index in [2.05, 4.69) is 35.2 Å². The van der Waals surface area contributed by atoms with Crippen LogP contribution in [0.15, 0.2) is 35.8 Å². The molecule has 1 aliphatic heterocycles. The van der Waals surface area contributed by atoms with Gasteiger partial charge in [-0.2, -0.15) is 0 Å². The molecule has 24 heavy (non-hydrogen) atoms. The van der Waals surface area contributed by atoms with Crippen molar-refractivity contribution in [2.24, 2.45) is 5.16 Å². The number of carboxylic acids is 1. The van der Waals surface area contributed by atoms with E-state index in [9.17, 15) is 9.90 Å². The third-order valence-electron chi connectivity index (χ3n) is 3.52. The first-order valence-corrected chi connectivity index (χ1v) is 8.48. The standard InChI is InChI=1S/C8H9N3O3S.C8H16N/c1-2-3-14-11-6(7(12)13)5-4-15-8(9)10-5;1-3-6-9(2)7-4-5-8-9/h2,4H,1,3H2,(H2,9,10)(H,12,13);3H,1,4-8H2,2H3/q;+1/p-1. The summed E-state index contributed by atoms with van der Waals surface area (Å²) in [4.78, 5) is 19.1. The van der Waals surface area contributed by atoms with Gasteiger partial charge in [0.15, 0.2) is 10.8 Å². The van der Waals surface area contributed by atoms with E-state index in [0.29, 0.717) is 0 Å². The number of carboxylic acid groups (broad SMARTS) is 1. The average Bonchev–Trinajstić information content (AvgIpc) is 3.13. The van der Waals surface area contributed by atoms with E-state index in [4.69, 9.17) is 5.73 Å². The smallest absolute Gasteiger partial charge is 0.180 e. The van der Waals surface area contributed by atoms with E-state index in [1.165, 1.54) is 41.9 Å². The predicted octanol–water partition coefficient (Wildman–Crippen LogP) is 0.795. The first-order chi connectivity index (χ1) is 11.4. The van der Waals surface area contributed by atoms with Crippen molar-refractivity contribution in [3.8, 4) is 0 Å². The monoisotopic (exact) mass is 352 g/mol. The second-order valence-electron chi connectivity index (χ2n) is 5.63. The number of nitrogen functional groups attached to an aromatic ring is 1. The van der Waals surface area contributed by atoms with Crippen molar-refractivity contribution in [3.63, 3.8) is 0 Å². The summed E-state index contributed by atoms with van der Waals surface area (Å²) in [5, 5.41) is 15.8. The van der Waals surface area contributed by atoms with Crippen LogP contribution in [0.25, 0.3) is 0 Å². The van der Waals surface area contributed by atoms with Crippen molar-refractivity contribution in [1.82, 2.24) is 4.98 Å². The fourth-order valence-corrected chi connectivity index (χ4v) is 2.88. The zero-order chi connectivity index (χ0) is 18.0. The molecule has 0 aliphatic carbocycles. The molecule has 2 heterocycles. The molecule has 7 nitrogen and oxygen atoms in total. The summed E-state index contributed by atoms with van der Waals surface area (Å²) in [7, 11) is 2.31. The van der Waals surface area contributed by atoms with Crippen molar-refractivity contribution in [1.29, 1.82) is 0 Å². The number of hydrogen-bond donors (Lipinski definition) is 1. The fourth-order valence-electron chi connectivity index (χ4n) is 2.33. The zero-order valence-corrected chi connectivity index (χ0v) is 14.8. The van der Waals surface area contributed by atoms with Crippen molar-refractivity contribution < 1.29 is 19.2 Å². The van der Waals surface area contributed by atoms with Crippen LogP contribution in [0.3, 0.4) is 0 Å². The molecule has 0 atom stereocenters. The van der Waals surface area contributed by atoms with Gasteiger partial charge in [0.1, 0.15) is 12.3 Å². The lowest BCUT2D eigenvalue weighted by molar-refractivity contribution is -0.891. The zero-order valence-electron chi connectivity index (χ0n) is 13.9. The number of oxime groups is 1. The number of thiazole rings is 1. The number of likely N-dealkylation sites (N-methyl/N-ethyl adjacent to an activating group) is 1. The molecule has 1 aromatic heterocycles. The van der Waals surface area contributed by atoms with Gasteiger partial charge >= 0.3 is 0 Å². The van der Waals surface area contributed by atoms with Crippen LogP contribution in [-0.2, 0) is 9.63 Å². The molecule has 1 aliphatic rings. The maximum Gasteiger partial charge on any atom is 0.180 e. The molecule has 0 radical (unpaired) electrons. The lowest BCUT2D eigenvalue weighted by Crippen LogP contribution is -2.40. The first-order valence-electron chi connectivity index (χ1n) is 7.60. The van der Waals surface area contributed by atoms with Gasteiger partial charge in [0.2, 0.25) is 0 Å². The summed E-state index contributed by atoms with van der Waals surface area (Å²) in [6, 6.07) is 0. The van der Waals surface area contributed by atoms with Gasteiger partial charge in [-0.15, -0.1) is 11.3 Å². The van der Waals surface area contributed by atoms with Gasteiger partial charge in [-0.1, -0.05) is 24.4 Å². The number of nitrogens with two attached hydrogens (primary N) is 1. The Morgan fingerprint density at radius 1 is 1.50 bits per heavy atom. The van der Waals surface area contributed by atoms with Crippen LogP contribution < -0.4 is 10.8 Å². The topological polar surface area (TPSA) is 101 Å². The third kappa shape index (κ3) is 6.51. The number of aliphatic carboxylic acids is 1. The maximum atomic E-state index is 10.7. The van der Waals surface area contributed by atoms with Crippen molar-refractivity contribution in [2.45, 2.75) is 12.8 Å². The number of carbonyl (C=O) groups excluding carboxylic acids is 1. The van der Waals surface area contributed by atoms with Gasteiger partial charge < -0.3 is 25.0 Å². The quantitative estimate of drug-likeness (QED) is 0.257. The van der Waals surface area contributed by atoms with Gasteiger partial charge in [-0.3, -0.25) is 0 Å². The van der Waals surface area contributed by atoms with Gasteiger partial charge in [-0.25, -0.2) is 4.98 Å². The lowest BCUT2D eigenvalue weighted by Gasteiger charge is -2.27. The van der Waals surface area contributed by atoms with E-state index >= 15 is 0 Å². The van der Waals surface area contributed by atoms with E-state index < -0.39 is 5.97 Å². The third-order valence-corrected chi connectivity index (χ3v) is 4.20. The highest BCUT2D eigenvalue weighted by molar-refractivity contribution is 7.13. The highest BCUT2D eigenvalue weighted by Gasteiger charge is 2.24. The molecule has 0 amide bonds. The van der Waals surface area contributed by atoms with E-state index in [0.717, 1.165) is 17.9 Å². The number of anilines is 1. The molecule has 0 saturated carbocycles. The molecule has 132 valence electrons. The van der Waals surface area contributed by atoms with Crippen LogP contribution >= 0.6 is 11.3 Å². The molecule has 0 unspecified atom stereocenters. The summed E-state index contributed by atoms with van der Waals surface area (Å²) >= 11 is 1.11.